The van der Waals surface area contributed by atoms with Gasteiger partial charge in [-0.1, -0.05) is 12.1 Å². The predicted molar refractivity (Wildman–Crippen MR) is 196 cm³/mol. The first-order valence-electron chi connectivity index (χ1n) is 17.1. The van der Waals surface area contributed by atoms with Gasteiger partial charge in [-0.05, 0) is 127 Å². The molecule has 50 heavy (non-hydrogen) atoms. The molecule has 10 radical (unpaired) electrons. The summed E-state index contributed by atoms with van der Waals surface area (Å²) in [6.07, 6.45) is 22.8. The van der Waals surface area contributed by atoms with E-state index in [0.717, 1.165) is 87.6 Å². The zero-order chi connectivity index (χ0) is 34.0. The molecular weight excluding hydrogens is 670 g/mol. The van der Waals surface area contributed by atoms with Gasteiger partial charge in [0.2, 0.25) is 0 Å². The van der Waals surface area contributed by atoms with Gasteiger partial charge in [-0.2, -0.15) is 0 Å². The first-order chi connectivity index (χ1) is 24.0. The van der Waals surface area contributed by atoms with Crippen molar-refractivity contribution < 1.29 is 27.1 Å². The van der Waals surface area contributed by atoms with Crippen molar-refractivity contribution >= 4 is 28.1 Å². The van der Waals surface area contributed by atoms with Crippen LogP contribution in [0.1, 0.15) is 29.5 Å². The first-order valence-corrected chi connectivity index (χ1v) is 17.1. The average molecular weight is 716 g/mol. The Kier molecular flexibility index (Phi) is 14.3. The van der Waals surface area contributed by atoms with E-state index in [0.29, 0.717) is 12.1 Å². The summed E-state index contributed by atoms with van der Waals surface area (Å²) in [5.41, 5.74) is 6.27. The fraction of sp³-hybridized carbons (Fsp3) is 0.308. The van der Waals surface area contributed by atoms with Gasteiger partial charge in [-0.15, -0.1) is 0 Å². The summed E-state index contributed by atoms with van der Waals surface area (Å²) in [5.74, 6) is 2.24. The van der Waals surface area contributed by atoms with Crippen molar-refractivity contribution in [2.24, 2.45) is 0 Å². The molecule has 7 rings (SSSR count). The van der Waals surface area contributed by atoms with Gasteiger partial charge in [0.05, 0.1) is 21.5 Å². The maximum absolute atomic E-state index is 11.0. The Balaban J connectivity index is 0.000000745. The molecule has 2 saturated carbocycles. The summed E-state index contributed by atoms with van der Waals surface area (Å²) < 4.78 is 2.29. The Labute approximate surface area is 307 Å². The van der Waals surface area contributed by atoms with Crippen molar-refractivity contribution in [2.75, 3.05) is 57.7 Å². The molecule has 1 saturated heterocycles. The van der Waals surface area contributed by atoms with Crippen LogP contribution in [0.2, 0.25) is 0 Å². The number of rotatable bonds is 13. The second-order valence-corrected chi connectivity index (χ2v) is 12.6. The van der Waals surface area contributed by atoms with E-state index in [4.69, 9.17) is 4.98 Å². The van der Waals surface area contributed by atoms with Crippen LogP contribution in [0.25, 0.3) is 16.6 Å². The van der Waals surface area contributed by atoms with Crippen LogP contribution >= 0.6 is 0 Å². The largest absolute Gasteiger partial charge is 2.00 e. The molecule has 2 aliphatic carbocycles. The monoisotopic (exact) mass is 715 g/mol. The summed E-state index contributed by atoms with van der Waals surface area (Å²) >= 11 is 0. The van der Waals surface area contributed by atoms with Gasteiger partial charge in [0.15, 0.2) is 5.82 Å². The molecular formula is C39H45FeN7O3+2. The Morgan fingerprint density at radius 1 is 0.880 bits per heavy atom. The minimum absolute atomic E-state index is 0. The predicted octanol–water partition coefficient (Wildman–Crippen LogP) is 5.78. The number of aromatic hydroxyl groups is 1. The molecule has 0 amide bonds. The number of nitro benzene ring substituents is 1. The average Bonchev–Trinajstić information content (AvgIpc) is 3.92. The number of aromatic nitrogens is 2. The zero-order valence-corrected chi connectivity index (χ0v) is 29.6. The standard InChI is InChI=1S/C34H40N7O3.C5H5.Fe/c1-25-24-40-30-11-5-4-10-29(30)37-34(33(40)32(25)26-8-2-3-9-26)36-15-7-17-39-20-18-38(19-21-39)16-6-14-35-23-27-22-28(41(43)44)12-13-31(27)42;1-2-4-5-3-1;/h2-5,8-13,22,24,35,42H,6-7,14-21,23H2,1H3,(H,36,37);1-5H;/q;;+2. The summed E-state index contributed by atoms with van der Waals surface area (Å²) in [6, 6.07) is 12.5. The number of para-hydroxylation sites is 2. The van der Waals surface area contributed by atoms with Crippen LogP contribution in [0.5, 0.6) is 5.75 Å². The van der Waals surface area contributed by atoms with Crippen molar-refractivity contribution in [2.45, 2.75) is 26.3 Å². The van der Waals surface area contributed by atoms with E-state index in [1.165, 1.54) is 35.2 Å². The van der Waals surface area contributed by atoms with Gasteiger partial charge in [-0.25, -0.2) is 4.98 Å². The summed E-state index contributed by atoms with van der Waals surface area (Å²) in [7, 11) is 0. The number of anilines is 1. The minimum Gasteiger partial charge on any atom is -0.508 e. The number of hydrogen-bond acceptors (Lipinski definition) is 8. The second kappa shape index (κ2) is 18.9. The van der Waals surface area contributed by atoms with Gasteiger partial charge in [0.25, 0.3) is 5.69 Å². The van der Waals surface area contributed by atoms with E-state index in [-0.39, 0.29) is 28.5 Å². The number of aryl methyl sites for hydroxylation is 1. The molecule has 3 heterocycles. The van der Waals surface area contributed by atoms with Crippen LogP contribution < -0.4 is 10.6 Å². The molecule has 3 N–H and O–H groups in total. The van der Waals surface area contributed by atoms with E-state index in [1.54, 1.807) is 0 Å². The van der Waals surface area contributed by atoms with Crippen LogP contribution in [0.4, 0.5) is 11.5 Å². The Morgan fingerprint density at radius 2 is 1.52 bits per heavy atom. The third kappa shape index (κ3) is 9.76. The second-order valence-electron chi connectivity index (χ2n) is 12.6. The molecule has 2 aromatic carbocycles. The van der Waals surface area contributed by atoms with Crippen LogP contribution in [0, 0.1) is 80.7 Å². The van der Waals surface area contributed by atoms with E-state index >= 15 is 0 Å². The van der Waals surface area contributed by atoms with Crippen molar-refractivity contribution in [3.8, 4) is 5.75 Å². The summed E-state index contributed by atoms with van der Waals surface area (Å²) in [6.45, 7) is 10.5. The van der Waals surface area contributed by atoms with Crippen molar-refractivity contribution in [1.29, 1.82) is 0 Å². The third-order valence-electron chi connectivity index (χ3n) is 9.13. The number of nitrogens with one attached hydrogen (secondary N) is 2. The number of phenolic OH excluding ortho intramolecular Hbond substituents is 1. The van der Waals surface area contributed by atoms with E-state index in [9.17, 15) is 15.2 Å². The van der Waals surface area contributed by atoms with Crippen molar-refractivity contribution in [1.82, 2.24) is 24.5 Å². The van der Waals surface area contributed by atoms with Gasteiger partial charge in [0, 0.05) is 69.1 Å². The van der Waals surface area contributed by atoms with Gasteiger partial charge >= 0.3 is 17.1 Å². The van der Waals surface area contributed by atoms with Crippen molar-refractivity contribution in [3.63, 3.8) is 0 Å². The number of piperazine rings is 1. The van der Waals surface area contributed by atoms with E-state index < -0.39 is 4.92 Å². The minimum atomic E-state index is -0.440. The normalized spacial score (nSPS) is 17.1. The molecule has 4 aromatic rings. The maximum atomic E-state index is 11.0. The molecule has 1 aliphatic heterocycles. The van der Waals surface area contributed by atoms with Gasteiger partial charge in [-0.3, -0.25) is 10.1 Å². The smallest absolute Gasteiger partial charge is 0.508 e. The van der Waals surface area contributed by atoms with Gasteiger partial charge < -0.3 is 29.9 Å². The molecule has 10 nitrogen and oxygen atoms in total. The van der Waals surface area contributed by atoms with Crippen molar-refractivity contribution in [3.05, 3.63) is 139 Å². The fourth-order valence-electron chi connectivity index (χ4n) is 6.56. The Morgan fingerprint density at radius 3 is 2.18 bits per heavy atom. The molecule has 0 atom stereocenters. The molecule has 0 unspecified atom stereocenters. The molecule has 11 heteroatoms. The van der Waals surface area contributed by atoms with Gasteiger partial charge in [0.1, 0.15) is 5.75 Å². The van der Waals surface area contributed by atoms with Crippen LogP contribution in [0.15, 0.2) is 48.7 Å². The van der Waals surface area contributed by atoms with Crippen LogP contribution in [-0.2, 0) is 23.6 Å². The molecule has 0 spiro atoms. The Hall–Kier alpha value is -3.21. The fourth-order valence-corrected chi connectivity index (χ4v) is 6.56. The molecule has 0 bridgehead atoms. The van der Waals surface area contributed by atoms with Crippen LogP contribution in [-0.4, -0.2) is 81.6 Å². The van der Waals surface area contributed by atoms with Crippen LogP contribution in [0.3, 0.4) is 0 Å². The molecule has 260 valence electrons. The third-order valence-corrected chi connectivity index (χ3v) is 9.13. The molecule has 3 aliphatic rings. The number of nitro groups is 1. The number of benzene rings is 2. The number of fused-ring (bicyclic) bond motifs is 3. The van der Waals surface area contributed by atoms with E-state index in [1.807, 2.05) is 38.2 Å². The Bertz CT molecular complexity index is 1670. The summed E-state index contributed by atoms with van der Waals surface area (Å²) in [5, 5.41) is 28.0. The number of non-ortho nitro benzene ring substituents is 1. The number of phenols is 1. The number of nitrogens with zero attached hydrogens (tertiary/aromatic N) is 5. The molecule has 3 fully saturated rings. The SMILES string of the molecule is Cc1cn2c(c(NCCCN3CCN(CCCNCc4cc([N+](=O)[O-])ccc4O)CC3)nc3ccccc32)c1[C]1[CH][CH][CH][CH]1.[CH]1[CH][CH][CH][CH]1.[Fe+2]. The summed E-state index contributed by atoms with van der Waals surface area (Å²) in [4.78, 5) is 20.6. The van der Waals surface area contributed by atoms with E-state index in [2.05, 4.69) is 81.8 Å². The first kappa shape index (κ1) is 38.0. The molecule has 2 aromatic heterocycles. The number of hydrogen-bond donors (Lipinski definition) is 3. The maximum Gasteiger partial charge on any atom is 2.00 e. The topological polar surface area (TPSA) is 111 Å². The zero-order valence-electron chi connectivity index (χ0n) is 28.4. The quantitative estimate of drug-likeness (QED) is 0.0692.